The first-order chi connectivity index (χ1) is 12.1. The van der Waals surface area contributed by atoms with Gasteiger partial charge in [0.05, 0.1) is 12.8 Å². The highest BCUT2D eigenvalue weighted by molar-refractivity contribution is 5.90. The van der Waals surface area contributed by atoms with Gasteiger partial charge in [0.1, 0.15) is 5.82 Å². The molecule has 0 fully saturated rings. The molecule has 1 heterocycles. The van der Waals surface area contributed by atoms with Gasteiger partial charge in [-0.05, 0) is 35.2 Å². The maximum absolute atomic E-state index is 12.9. The van der Waals surface area contributed by atoms with E-state index in [1.54, 1.807) is 12.1 Å². The van der Waals surface area contributed by atoms with E-state index in [1.165, 1.54) is 17.7 Å². The molecule has 3 rings (SSSR count). The number of aryl methyl sites for hydroxylation is 1. The van der Waals surface area contributed by atoms with E-state index in [-0.39, 0.29) is 24.2 Å². The quantitative estimate of drug-likeness (QED) is 0.746. The number of nitrogens with one attached hydrogen (secondary N) is 1. The van der Waals surface area contributed by atoms with Crippen LogP contribution in [-0.2, 0) is 24.1 Å². The number of halogens is 1. The first-order valence-electron chi connectivity index (χ1n) is 8.07. The fourth-order valence-corrected chi connectivity index (χ4v) is 2.39. The molecule has 5 nitrogen and oxygen atoms in total. The third-order valence-electron chi connectivity index (χ3n) is 3.78. The summed E-state index contributed by atoms with van der Waals surface area (Å²) in [6.45, 7) is 2.11. The molecule has 0 bridgehead atoms. The van der Waals surface area contributed by atoms with Gasteiger partial charge in [-0.2, -0.15) is 0 Å². The van der Waals surface area contributed by atoms with Crippen molar-refractivity contribution in [2.24, 2.45) is 0 Å². The average molecular weight is 339 g/mol. The van der Waals surface area contributed by atoms with Gasteiger partial charge in [-0.15, -0.1) is 5.10 Å². The van der Waals surface area contributed by atoms with Crippen molar-refractivity contribution in [3.63, 3.8) is 0 Å². The summed E-state index contributed by atoms with van der Waals surface area (Å²) in [6.07, 6.45) is 1.60. The Kier molecular flexibility index (Phi) is 5.18. The van der Waals surface area contributed by atoms with Crippen LogP contribution >= 0.6 is 0 Å². The predicted octanol–water partition coefficient (Wildman–Crippen LogP) is 3.54. The van der Waals surface area contributed by atoms with Crippen molar-refractivity contribution >= 4 is 11.9 Å². The highest BCUT2D eigenvalue weighted by atomic mass is 19.1. The highest BCUT2D eigenvalue weighted by Crippen LogP contribution is 2.13. The molecule has 0 saturated carbocycles. The third-order valence-corrected chi connectivity index (χ3v) is 3.78. The molecule has 1 aromatic heterocycles. The number of hydrogen-bond donors (Lipinski definition) is 1. The molecule has 0 radical (unpaired) electrons. The third kappa shape index (κ3) is 4.73. The lowest BCUT2D eigenvalue weighted by molar-refractivity contribution is -0.115. The average Bonchev–Trinajstić information content (AvgIpc) is 3.04. The largest absolute Gasteiger partial charge is 0.407 e. The monoisotopic (exact) mass is 339 g/mol. The minimum atomic E-state index is -0.335. The maximum atomic E-state index is 12.9. The summed E-state index contributed by atoms with van der Waals surface area (Å²) in [5.41, 5.74) is 3.03. The molecule has 0 aliphatic heterocycles. The number of amides is 1. The number of aromatic nitrogens is 2. The molecular weight excluding hydrogens is 321 g/mol. The van der Waals surface area contributed by atoms with E-state index in [0.717, 1.165) is 12.0 Å². The van der Waals surface area contributed by atoms with Gasteiger partial charge in [-0.25, -0.2) is 4.39 Å². The van der Waals surface area contributed by atoms with Gasteiger partial charge in [0.15, 0.2) is 0 Å². The maximum Gasteiger partial charge on any atom is 0.322 e. The molecule has 3 aromatic rings. The second kappa shape index (κ2) is 7.70. The molecule has 2 aromatic carbocycles. The molecule has 0 atom stereocenters. The number of carbonyl (C=O) groups is 1. The number of rotatable bonds is 6. The Morgan fingerprint density at radius 1 is 1.00 bits per heavy atom. The molecular formula is C19H18FN3O2. The molecule has 0 saturated heterocycles. The van der Waals surface area contributed by atoms with Crippen molar-refractivity contribution in [3.05, 3.63) is 76.9 Å². The number of benzene rings is 2. The lowest BCUT2D eigenvalue weighted by atomic mass is 10.1. The fourth-order valence-electron chi connectivity index (χ4n) is 2.39. The summed E-state index contributed by atoms with van der Waals surface area (Å²) in [5.74, 6) is -0.201. The number of carbonyl (C=O) groups excluding carboxylic acids is 1. The summed E-state index contributed by atoms with van der Waals surface area (Å²) < 4.78 is 18.3. The molecule has 0 aliphatic rings. The summed E-state index contributed by atoms with van der Waals surface area (Å²) >= 11 is 0. The first-order valence-corrected chi connectivity index (χ1v) is 8.07. The van der Waals surface area contributed by atoms with Gasteiger partial charge >= 0.3 is 6.01 Å². The standard InChI is InChI=1S/C19H18FN3O2/c1-2-13-3-5-15(6-4-13)12-18-22-23-19(25-18)21-17(24)11-14-7-9-16(20)10-8-14/h3-10H,2,11-12H2,1H3,(H,21,23,24). The van der Waals surface area contributed by atoms with Crippen LogP contribution in [0.15, 0.2) is 52.9 Å². The van der Waals surface area contributed by atoms with E-state index in [4.69, 9.17) is 4.42 Å². The molecule has 0 unspecified atom stereocenters. The Hall–Kier alpha value is -3.02. The SMILES string of the molecule is CCc1ccc(Cc2nnc(NC(=O)Cc3ccc(F)cc3)o2)cc1. The number of nitrogens with zero attached hydrogens (tertiary/aromatic N) is 2. The minimum Gasteiger partial charge on any atom is -0.407 e. The summed E-state index contributed by atoms with van der Waals surface area (Å²) in [5, 5.41) is 10.3. The Bertz CT molecular complexity index is 842. The molecule has 1 N–H and O–H groups in total. The Labute approximate surface area is 144 Å². The van der Waals surface area contributed by atoms with E-state index < -0.39 is 0 Å². The van der Waals surface area contributed by atoms with Crippen LogP contribution in [-0.4, -0.2) is 16.1 Å². The van der Waals surface area contributed by atoms with Crippen LogP contribution in [0.3, 0.4) is 0 Å². The van der Waals surface area contributed by atoms with E-state index in [0.29, 0.717) is 17.9 Å². The topological polar surface area (TPSA) is 68.0 Å². The summed E-state index contributed by atoms with van der Waals surface area (Å²) in [6, 6.07) is 14.0. The highest BCUT2D eigenvalue weighted by Gasteiger charge is 2.11. The second-order valence-electron chi connectivity index (χ2n) is 5.70. The van der Waals surface area contributed by atoms with Crippen LogP contribution in [0.2, 0.25) is 0 Å². The molecule has 6 heteroatoms. The van der Waals surface area contributed by atoms with Crippen molar-refractivity contribution in [3.8, 4) is 0 Å². The zero-order valence-electron chi connectivity index (χ0n) is 13.8. The van der Waals surface area contributed by atoms with Crippen molar-refractivity contribution in [1.82, 2.24) is 10.2 Å². The molecule has 1 amide bonds. The first kappa shape index (κ1) is 16.8. The molecule has 25 heavy (non-hydrogen) atoms. The zero-order chi connectivity index (χ0) is 17.6. The van der Waals surface area contributed by atoms with Gasteiger partial charge in [0.25, 0.3) is 0 Å². The van der Waals surface area contributed by atoms with Crippen molar-refractivity contribution in [1.29, 1.82) is 0 Å². The van der Waals surface area contributed by atoms with E-state index in [1.807, 2.05) is 12.1 Å². The Morgan fingerprint density at radius 3 is 2.32 bits per heavy atom. The predicted molar refractivity (Wildman–Crippen MR) is 91.7 cm³/mol. The Morgan fingerprint density at radius 2 is 1.64 bits per heavy atom. The van der Waals surface area contributed by atoms with E-state index in [9.17, 15) is 9.18 Å². The van der Waals surface area contributed by atoms with Gasteiger partial charge in [-0.1, -0.05) is 48.4 Å². The van der Waals surface area contributed by atoms with Crippen LogP contribution < -0.4 is 5.32 Å². The summed E-state index contributed by atoms with van der Waals surface area (Å²) in [4.78, 5) is 12.0. The van der Waals surface area contributed by atoms with Crippen LogP contribution in [0.1, 0.15) is 29.5 Å². The van der Waals surface area contributed by atoms with E-state index in [2.05, 4.69) is 34.6 Å². The van der Waals surface area contributed by atoms with Crippen LogP contribution in [0.25, 0.3) is 0 Å². The van der Waals surface area contributed by atoms with Gasteiger partial charge in [0, 0.05) is 0 Å². The van der Waals surface area contributed by atoms with E-state index >= 15 is 0 Å². The van der Waals surface area contributed by atoms with Crippen molar-refractivity contribution in [2.45, 2.75) is 26.2 Å². The van der Waals surface area contributed by atoms with Crippen LogP contribution in [0.4, 0.5) is 10.4 Å². The lowest BCUT2D eigenvalue weighted by Gasteiger charge is -2.01. The van der Waals surface area contributed by atoms with Crippen molar-refractivity contribution < 1.29 is 13.6 Å². The van der Waals surface area contributed by atoms with Gasteiger partial charge in [0.2, 0.25) is 11.8 Å². The zero-order valence-corrected chi connectivity index (χ0v) is 13.8. The van der Waals surface area contributed by atoms with Crippen LogP contribution in [0.5, 0.6) is 0 Å². The molecule has 0 spiro atoms. The normalized spacial score (nSPS) is 10.6. The number of hydrogen-bond acceptors (Lipinski definition) is 4. The number of anilines is 1. The fraction of sp³-hybridized carbons (Fsp3) is 0.211. The Balaban J connectivity index is 1.57. The van der Waals surface area contributed by atoms with Crippen LogP contribution in [0, 0.1) is 5.82 Å². The minimum absolute atomic E-state index is 0.0623. The van der Waals surface area contributed by atoms with Gasteiger partial charge < -0.3 is 4.42 Å². The molecule has 128 valence electrons. The van der Waals surface area contributed by atoms with Crippen molar-refractivity contribution in [2.75, 3.05) is 5.32 Å². The smallest absolute Gasteiger partial charge is 0.322 e. The molecule has 0 aliphatic carbocycles. The lowest BCUT2D eigenvalue weighted by Crippen LogP contribution is -2.14. The second-order valence-corrected chi connectivity index (χ2v) is 5.70. The van der Waals surface area contributed by atoms with Gasteiger partial charge in [-0.3, -0.25) is 10.1 Å². The summed E-state index contributed by atoms with van der Waals surface area (Å²) in [7, 11) is 0.